The Bertz CT molecular complexity index is 605. The van der Waals surface area contributed by atoms with Crippen molar-refractivity contribution in [1.29, 1.82) is 0 Å². The number of unbranched alkanes of at least 4 members (excludes halogenated alkanes) is 1. The van der Waals surface area contributed by atoms with Crippen LogP contribution in [0, 0.1) is 11.8 Å². The third-order valence-corrected chi connectivity index (χ3v) is 8.07. The Morgan fingerprint density at radius 1 is 0.969 bits per heavy atom. The number of carbonyl (C=O) groups is 1. The number of amides is 1. The van der Waals surface area contributed by atoms with Crippen LogP contribution in [0.3, 0.4) is 0 Å². The van der Waals surface area contributed by atoms with Gasteiger partial charge in [0, 0.05) is 32.2 Å². The molecule has 4 aliphatic rings. The predicted molar refractivity (Wildman–Crippen MR) is 125 cm³/mol. The minimum atomic E-state index is -0.338. The molecule has 0 unspecified atom stereocenters. The minimum Gasteiger partial charge on any atom is -0.459 e. The van der Waals surface area contributed by atoms with E-state index in [1.54, 1.807) is 0 Å². The number of ether oxygens (including phenoxy) is 2. The van der Waals surface area contributed by atoms with Crippen molar-refractivity contribution in [2.75, 3.05) is 39.4 Å². The number of aliphatic hydroxyl groups is 1. The van der Waals surface area contributed by atoms with Gasteiger partial charge in [-0.3, -0.25) is 4.79 Å². The van der Waals surface area contributed by atoms with Crippen LogP contribution in [0.2, 0.25) is 0 Å². The van der Waals surface area contributed by atoms with Crippen LogP contribution in [0.15, 0.2) is 11.8 Å². The summed E-state index contributed by atoms with van der Waals surface area (Å²) in [6.45, 7) is 4.88. The Labute approximate surface area is 194 Å². The van der Waals surface area contributed by atoms with Crippen LogP contribution in [-0.4, -0.2) is 72.5 Å². The molecule has 0 aromatic rings. The number of carbonyl (C=O) groups excluding carboxylic acids is 1. The smallest absolute Gasteiger partial charge is 0.288 e. The first-order valence-corrected chi connectivity index (χ1v) is 13.4. The highest BCUT2D eigenvalue weighted by atomic mass is 16.7. The average Bonchev–Trinajstić information content (AvgIpc) is 2.87. The Hall–Kier alpha value is -1.11. The van der Waals surface area contributed by atoms with Crippen molar-refractivity contribution >= 4 is 5.91 Å². The molecule has 3 aliphatic heterocycles. The zero-order chi connectivity index (χ0) is 22.2. The number of aliphatic hydroxyl groups excluding tert-OH is 1. The molecule has 32 heavy (non-hydrogen) atoms. The Kier molecular flexibility index (Phi) is 9.30. The fourth-order valence-electron chi connectivity index (χ4n) is 6.13. The largest absolute Gasteiger partial charge is 0.459 e. The number of nitrogens with zero attached hydrogens (tertiary/aromatic N) is 2. The summed E-state index contributed by atoms with van der Waals surface area (Å²) in [6.07, 6.45) is 16.8. The fourth-order valence-corrected chi connectivity index (χ4v) is 6.13. The molecule has 3 heterocycles. The summed E-state index contributed by atoms with van der Waals surface area (Å²) in [5.41, 5.74) is 0. The predicted octanol–water partition coefficient (Wildman–Crippen LogP) is 4.08. The molecule has 6 nitrogen and oxygen atoms in total. The van der Waals surface area contributed by atoms with E-state index in [-0.39, 0.29) is 18.8 Å². The molecule has 2 saturated heterocycles. The molecule has 0 radical (unpaired) electrons. The van der Waals surface area contributed by atoms with E-state index in [2.05, 4.69) is 11.0 Å². The molecule has 1 saturated carbocycles. The van der Waals surface area contributed by atoms with Crippen LogP contribution in [0.1, 0.15) is 83.5 Å². The molecule has 1 N–H and O–H groups in total. The SMILES string of the molecule is O=C(C1=C[C@@H](C2CCCCC2)C[C@@H](OCCCCO)O1)N1CCC(N2CCCCC2)CC1. The number of hydrogen-bond donors (Lipinski definition) is 1. The molecule has 182 valence electrons. The first kappa shape index (κ1) is 24.0. The van der Waals surface area contributed by atoms with Gasteiger partial charge in [0.1, 0.15) is 0 Å². The molecular formula is C26H44N2O4. The van der Waals surface area contributed by atoms with Crippen molar-refractivity contribution in [2.24, 2.45) is 11.8 Å². The average molecular weight is 449 g/mol. The molecule has 0 spiro atoms. The van der Waals surface area contributed by atoms with Crippen LogP contribution >= 0.6 is 0 Å². The van der Waals surface area contributed by atoms with Crippen molar-refractivity contribution in [3.05, 3.63) is 11.8 Å². The van der Waals surface area contributed by atoms with Gasteiger partial charge in [-0.05, 0) is 82.4 Å². The van der Waals surface area contributed by atoms with E-state index in [0.29, 0.717) is 30.2 Å². The van der Waals surface area contributed by atoms with E-state index in [1.165, 1.54) is 64.5 Å². The van der Waals surface area contributed by atoms with E-state index in [0.717, 1.165) is 45.2 Å². The highest BCUT2D eigenvalue weighted by Crippen LogP contribution is 2.37. The lowest BCUT2D eigenvalue weighted by Crippen LogP contribution is -2.49. The lowest BCUT2D eigenvalue weighted by Gasteiger charge is -2.41. The summed E-state index contributed by atoms with van der Waals surface area (Å²) in [5.74, 6) is 1.60. The second-order valence-electron chi connectivity index (χ2n) is 10.3. The van der Waals surface area contributed by atoms with E-state index < -0.39 is 0 Å². The van der Waals surface area contributed by atoms with Gasteiger partial charge in [0.25, 0.3) is 5.91 Å². The maximum absolute atomic E-state index is 13.4. The first-order valence-electron chi connectivity index (χ1n) is 13.4. The summed E-state index contributed by atoms with van der Waals surface area (Å²) in [6, 6.07) is 0.637. The third kappa shape index (κ3) is 6.48. The van der Waals surface area contributed by atoms with Crippen molar-refractivity contribution in [3.8, 4) is 0 Å². The quantitative estimate of drug-likeness (QED) is 0.567. The van der Waals surface area contributed by atoms with Gasteiger partial charge in [0.05, 0.1) is 6.61 Å². The lowest BCUT2D eigenvalue weighted by molar-refractivity contribution is -0.158. The summed E-state index contributed by atoms with van der Waals surface area (Å²) in [7, 11) is 0. The van der Waals surface area contributed by atoms with E-state index >= 15 is 0 Å². The monoisotopic (exact) mass is 448 g/mol. The Morgan fingerprint density at radius 3 is 2.41 bits per heavy atom. The van der Waals surface area contributed by atoms with E-state index in [4.69, 9.17) is 14.6 Å². The van der Waals surface area contributed by atoms with Gasteiger partial charge in [0.15, 0.2) is 5.76 Å². The number of rotatable bonds is 8. The number of hydrogen-bond acceptors (Lipinski definition) is 5. The highest BCUT2D eigenvalue weighted by molar-refractivity contribution is 5.91. The molecule has 0 aromatic heterocycles. The van der Waals surface area contributed by atoms with Crippen LogP contribution in [0.5, 0.6) is 0 Å². The standard InChI is InChI=1S/C26H44N2O4/c29-17-7-8-18-31-25-20-22(21-9-3-1-4-10-21)19-24(32-25)26(30)28-15-11-23(12-16-28)27-13-5-2-6-14-27/h19,21-23,25,29H,1-18,20H2/t22-,25+/m1/s1. The van der Waals surface area contributed by atoms with Crippen molar-refractivity contribution in [1.82, 2.24) is 9.80 Å². The second kappa shape index (κ2) is 12.4. The van der Waals surface area contributed by atoms with Gasteiger partial charge in [-0.1, -0.05) is 25.7 Å². The van der Waals surface area contributed by atoms with Crippen LogP contribution in [0.4, 0.5) is 0 Å². The van der Waals surface area contributed by atoms with Gasteiger partial charge in [0.2, 0.25) is 6.29 Å². The van der Waals surface area contributed by atoms with Crippen molar-refractivity contribution in [2.45, 2.75) is 95.8 Å². The maximum Gasteiger partial charge on any atom is 0.288 e. The molecule has 1 aliphatic carbocycles. The van der Waals surface area contributed by atoms with Gasteiger partial charge in [-0.25, -0.2) is 0 Å². The molecule has 4 rings (SSSR count). The fraction of sp³-hybridized carbons (Fsp3) is 0.885. The molecule has 1 amide bonds. The molecule has 2 atom stereocenters. The van der Waals surface area contributed by atoms with E-state index in [9.17, 15) is 4.79 Å². The minimum absolute atomic E-state index is 0.0616. The van der Waals surface area contributed by atoms with Gasteiger partial charge >= 0.3 is 0 Å². The number of allylic oxidation sites excluding steroid dienone is 1. The molecule has 0 bridgehead atoms. The normalized spacial score (nSPS) is 28.9. The highest BCUT2D eigenvalue weighted by Gasteiger charge is 2.35. The van der Waals surface area contributed by atoms with E-state index in [1.807, 2.05) is 4.90 Å². The van der Waals surface area contributed by atoms with Crippen LogP contribution in [-0.2, 0) is 14.3 Å². The van der Waals surface area contributed by atoms with Crippen molar-refractivity contribution < 1.29 is 19.4 Å². The first-order chi connectivity index (χ1) is 15.7. The lowest BCUT2D eigenvalue weighted by atomic mass is 9.77. The Balaban J connectivity index is 1.35. The zero-order valence-corrected chi connectivity index (χ0v) is 19.9. The second-order valence-corrected chi connectivity index (χ2v) is 10.3. The molecule has 0 aromatic carbocycles. The summed E-state index contributed by atoms with van der Waals surface area (Å²) in [5, 5.41) is 9.03. The van der Waals surface area contributed by atoms with Crippen molar-refractivity contribution in [3.63, 3.8) is 0 Å². The Morgan fingerprint density at radius 2 is 1.69 bits per heavy atom. The van der Waals surface area contributed by atoms with Crippen LogP contribution < -0.4 is 0 Å². The summed E-state index contributed by atoms with van der Waals surface area (Å²) in [4.78, 5) is 18.1. The maximum atomic E-state index is 13.4. The van der Waals surface area contributed by atoms with Gasteiger partial charge < -0.3 is 24.4 Å². The van der Waals surface area contributed by atoms with Gasteiger partial charge in [-0.2, -0.15) is 0 Å². The molecule has 6 heteroatoms. The number of likely N-dealkylation sites (tertiary alicyclic amines) is 2. The van der Waals surface area contributed by atoms with Crippen LogP contribution in [0.25, 0.3) is 0 Å². The third-order valence-electron chi connectivity index (χ3n) is 8.07. The zero-order valence-electron chi connectivity index (χ0n) is 19.9. The molecule has 3 fully saturated rings. The molecular weight excluding hydrogens is 404 g/mol. The van der Waals surface area contributed by atoms with Gasteiger partial charge in [-0.15, -0.1) is 0 Å². The summed E-state index contributed by atoms with van der Waals surface area (Å²) >= 11 is 0. The number of piperidine rings is 2. The summed E-state index contributed by atoms with van der Waals surface area (Å²) < 4.78 is 12.1. The topological polar surface area (TPSA) is 62.2 Å².